The highest BCUT2D eigenvalue weighted by molar-refractivity contribution is 7.13. The van der Waals surface area contributed by atoms with Gasteiger partial charge in [-0.1, -0.05) is 50.5 Å². The number of hydrogen-bond acceptors (Lipinski definition) is 6. The van der Waals surface area contributed by atoms with Gasteiger partial charge in [0.25, 0.3) is 0 Å². The van der Waals surface area contributed by atoms with E-state index < -0.39 is 6.10 Å². The average molecular weight is 459 g/mol. The van der Waals surface area contributed by atoms with Crippen molar-refractivity contribution in [3.05, 3.63) is 63.5 Å². The molecule has 1 heterocycles. The minimum absolute atomic E-state index is 0.0992. The summed E-state index contributed by atoms with van der Waals surface area (Å²) in [5.41, 5.74) is 2.45. The van der Waals surface area contributed by atoms with Crippen LogP contribution in [0.4, 0.5) is 0 Å². The van der Waals surface area contributed by atoms with Gasteiger partial charge >= 0.3 is 5.97 Å². The van der Waals surface area contributed by atoms with E-state index in [0.29, 0.717) is 11.3 Å². The number of hydrogen-bond donors (Lipinski definition) is 2. The van der Waals surface area contributed by atoms with Crippen LogP contribution < -0.4 is 0 Å². The maximum atomic E-state index is 11.6. The van der Waals surface area contributed by atoms with Crippen molar-refractivity contribution in [2.24, 2.45) is 5.92 Å². The molecule has 0 radical (unpaired) electrons. The van der Waals surface area contributed by atoms with E-state index in [0.717, 1.165) is 79.1 Å². The Balaban J connectivity index is 2.00. The number of rotatable bonds is 14. The van der Waals surface area contributed by atoms with Gasteiger partial charge in [0.1, 0.15) is 11.2 Å². The molecule has 32 heavy (non-hydrogen) atoms. The van der Waals surface area contributed by atoms with E-state index >= 15 is 0 Å². The first-order valence-corrected chi connectivity index (χ1v) is 12.1. The van der Waals surface area contributed by atoms with Gasteiger partial charge in [-0.05, 0) is 60.4 Å². The minimum atomic E-state index is -0.483. The van der Waals surface area contributed by atoms with Crippen LogP contribution in [0.1, 0.15) is 83.6 Å². The highest BCUT2D eigenvalue weighted by Gasteiger charge is 2.18. The van der Waals surface area contributed by atoms with E-state index in [2.05, 4.69) is 6.92 Å². The van der Waals surface area contributed by atoms with Crippen molar-refractivity contribution in [3.63, 3.8) is 0 Å². The van der Waals surface area contributed by atoms with Crippen LogP contribution in [0.15, 0.2) is 42.7 Å². The Morgan fingerprint density at radius 1 is 1.09 bits per heavy atom. The van der Waals surface area contributed by atoms with Crippen molar-refractivity contribution in [1.82, 2.24) is 0 Å². The van der Waals surface area contributed by atoms with Gasteiger partial charge in [0.15, 0.2) is 0 Å². The summed E-state index contributed by atoms with van der Waals surface area (Å²) in [7, 11) is 1.37. The average Bonchev–Trinajstić information content (AvgIpc) is 3.28. The molecule has 2 N–H and O–H groups in total. The molecule has 0 aliphatic carbocycles. The molecule has 0 aliphatic heterocycles. The highest BCUT2D eigenvalue weighted by atomic mass is 32.1. The predicted molar refractivity (Wildman–Crippen MR) is 129 cm³/mol. The molecular formula is C26H34O5S. The van der Waals surface area contributed by atoms with E-state index in [1.807, 2.05) is 30.3 Å². The molecule has 174 valence electrons. The van der Waals surface area contributed by atoms with Crippen LogP contribution in [0.5, 0.6) is 0 Å². The van der Waals surface area contributed by atoms with Crippen LogP contribution in [-0.2, 0) is 16.0 Å². The third kappa shape index (κ3) is 7.61. The van der Waals surface area contributed by atoms with Crippen LogP contribution in [0, 0.1) is 5.92 Å². The summed E-state index contributed by atoms with van der Waals surface area (Å²) < 4.78 is 4.75. The Bertz CT molecular complexity index is 869. The van der Waals surface area contributed by atoms with Crippen LogP contribution in [0.3, 0.4) is 0 Å². The molecule has 1 aromatic heterocycles. The topological polar surface area (TPSA) is 83.8 Å². The Morgan fingerprint density at radius 3 is 2.47 bits per heavy atom. The van der Waals surface area contributed by atoms with E-state index in [1.165, 1.54) is 18.4 Å². The molecule has 1 aromatic carbocycles. The molecule has 5 nitrogen and oxygen atoms in total. The minimum Gasteiger partial charge on any atom is -0.515 e. The summed E-state index contributed by atoms with van der Waals surface area (Å²) in [5, 5.41) is 20.3. The largest absolute Gasteiger partial charge is 0.515 e. The summed E-state index contributed by atoms with van der Waals surface area (Å²) in [4.78, 5) is 24.6. The second-order valence-corrected chi connectivity index (χ2v) is 9.14. The lowest BCUT2D eigenvalue weighted by Crippen LogP contribution is -2.06. The summed E-state index contributed by atoms with van der Waals surface area (Å²) in [6.07, 6.45) is 8.14. The molecule has 2 aromatic rings. The zero-order valence-corrected chi connectivity index (χ0v) is 19.8. The fraction of sp³-hybridized carbons (Fsp3) is 0.462. The molecule has 2 atom stereocenters. The zero-order valence-electron chi connectivity index (χ0n) is 19.0. The number of allylic oxidation sites excluding steroid dienone is 1. The van der Waals surface area contributed by atoms with Crippen LogP contribution >= 0.6 is 11.3 Å². The Kier molecular flexibility index (Phi) is 11.2. The molecule has 0 saturated carbocycles. The predicted octanol–water partition coefficient (Wildman–Crippen LogP) is 6.28. The van der Waals surface area contributed by atoms with E-state index in [1.54, 1.807) is 6.07 Å². The van der Waals surface area contributed by atoms with Gasteiger partial charge < -0.3 is 19.7 Å². The fourth-order valence-corrected chi connectivity index (χ4v) is 4.80. The fourth-order valence-electron chi connectivity index (χ4n) is 3.83. The number of aryl methyl sites for hydroxylation is 1. The van der Waals surface area contributed by atoms with Crippen molar-refractivity contribution >= 4 is 29.2 Å². The summed E-state index contributed by atoms with van der Waals surface area (Å²) in [6.45, 7) is 2.14. The number of aldehydes is 1. The van der Waals surface area contributed by atoms with Gasteiger partial charge in [-0.25, -0.2) is 4.79 Å². The Labute approximate surface area is 194 Å². The SMILES string of the molecule is CCCCCC(O)c1ccc(/C(=C\O)[C@H](CC=O)CCCc2ccc(C(=O)OC)s2)cc1. The lowest BCUT2D eigenvalue weighted by Gasteiger charge is -2.19. The standard InChI is InChI=1S/C26H34O5S/c1-3-4-5-9-24(29)21-12-10-20(11-13-21)23(18-28)19(16-17-27)7-6-8-22-14-15-25(32-22)26(30)31-2/h10-15,17-19,24,28-29H,3-9,16H2,1-2H3/b23-18-/t19-,24?/m0/s1. The third-order valence-corrected chi connectivity index (χ3v) is 6.82. The quantitative estimate of drug-likeness (QED) is 0.151. The zero-order chi connectivity index (χ0) is 23.3. The lowest BCUT2D eigenvalue weighted by molar-refractivity contribution is -0.108. The summed E-state index contributed by atoms with van der Waals surface area (Å²) >= 11 is 1.42. The number of esters is 1. The molecule has 0 amide bonds. The maximum Gasteiger partial charge on any atom is 0.348 e. The number of benzene rings is 1. The van der Waals surface area contributed by atoms with Gasteiger partial charge in [-0.3, -0.25) is 0 Å². The molecule has 0 aliphatic rings. The van der Waals surface area contributed by atoms with E-state index in [9.17, 15) is 19.8 Å². The molecule has 6 heteroatoms. The van der Waals surface area contributed by atoms with Gasteiger partial charge in [0.05, 0.1) is 19.5 Å². The van der Waals surface area contributed by atoms with Crippen LogP contribution in [0.25, 0.3) is 5.57 Å². The number of methoxy groups -OCH3 is 1. The number of unbranched alkanes of at least 4 members (excludes halogenated alkanes) is 2. The molecule has 0 spiro atoms. The molecule has 0 bridgehead atoms. The van der Waals surface area contributed by atoms with E-state index in [4.69, 9.17) is 4.74 Å². The number of aliphatic hydroxyl groups is 2. The molecule has 0 fully saturated rings. The number of carbonyl (C=O) groups excluding carboxylic acids is 2. The van der Waals surface area contributed by atoms with Crippen molar-refractivity contribution < 1.29 is 24.5 Å². The number of ether oxygens (including phenoxy) is 1. The molecular weight excluding hydrogens is 424 g/mol. The van der Waals surface area contributed by atoms with Gasteiger partial charge in [-0.15, -0.1) is 11.3 Å². The Hall–Kier alpha value is -2.44. The number of aliphatic hydroxyl groups excluding tert-OH is 2. The summed E-state index contributed by atoms with van der Waals surface area (Å²) in [6, 6.07) is 11.3. The van der Waals surface area contributed by atoms with Crippen molar-refractivity contribution in [2.45, 2.75) is 64.4 Å². The molecule has 0 saturated heterocycles. The van der Waals surface area contributed by atoms with Gasteiger partial charge in [0, 0.05) is 11.3 Å². The van der Waals surface area contributed by atoms with E-state index in [-0.39, 0.29) is 11.9 Å². The highest BCUT2D eigenvalue weighted by Crippen LogP contribution is 2.31. The third-order valence-electron chi connectivity index (χ3n) is 5.69. The Morgan fingerprint density at radius 2 is 1.84 bits per heavy atom. The smallest absolute Gasteiger partial charge is 0.348 e. The van der Waals surface area contributed by atoms with Gasteiger partial charge in [-0.2, -0.15) is 0 Å². The normalized spacial score (nSPS) is 13.5. The summed E-state index contributed by atoms with van der Waals surface area (Å²) in [5.74, 6) is -0.428. The maximum absolute atomic E-state index is 11.6. The van der Waals surface area contributed by atoms with Crippen molar-refractivity contribution in [1.29, 1.82) is 0 Å². The lowest BCUT2D eigenvalue weighted by atomic mass is 9.86. The van der Waals surface area contributed by atoms with Crippen molar-refractivity contribution in [3.8, 4) is 0 Å². The first kappa shape index (κ1) is 25.8. The first-order chi connectivity index (χ1) is 15.5. The van der Waals surface area contributed by atoms with Crippen molar-refractivity contribution in [2.75, 3.05) is 7.11 Å². The van der Waals surface area contributed by atoms with Crippen LogP contribution in [-0.4, -0.2) is 29.6 Å². The van der Waals surface area contributed by atoms with Gasteiger partial charge in [0.2, 0.25) is 0 Å². The van der Waals surface area contributed by atoms with Crippen LogP contribution in [0.2, 0.25) is 0 Å². The number of carbonyl (C=O) groups is 2. The monoisotopic (exact) mass is 458 g/mol. The second kappa shape index (κ2) is 13.9. The molecule has 1 unspecified atom stereocenters. The second-order valence-electron chi connectivity index (χ2n) is 7.97. The molecule has 2 rings (SSSR count). The number of thiophene rings is 1. The first-order valence-electron chi connectivity index (χ1n) is 11.3.